The van der Waals surface area contributed by atoms with Gasteiger partial charge >= 0.3 is 0 Å². The molecule has 0 aliphatic carbocycles. The van der Waals surface area contributed by atoms with E-state index in [9.17, 15) is 4.79 Å². The smallest absolute Gasteiger partial charge is 0.229 e. The second-order valence-electron chi connectivity index (χ2n) is 7.17. The first-order valence-electron chi connectivity index (χ1n) is 9.57. The van der Waals surface area contributed by atoms with Gasteiger partial charge in [0, 0.05) is 36.1 Å². The largest absolute Gasteiger partial charge is 0.357 e. The normalized spacial score (nSPS) is 14.4. The third-order valence-electron chi connectivity index (χ3n) is 5.15. The lowest BCUT2D eigenvalue weighted by atomic mass is 9.96. The molecule has 1 saturated heterocycles. The quantitative estimate of drug-likeness (QED) is 0.705. The Kier molecular flexibility index (Phi) is 5.54. The maximum atomic E-state index is 12.7. The third kappa shape index (κ3) is 4.44. The van der Waals surface area contributed by atoms with Gasteiger partial charge in [-0.2, -0.15) is 5.26 Å². The number of aryl methyl sites for hydroxylation is 1. The van der Waals surface area contributed by atoms with Crippen molar-refractivity contribution < 1.29 is 4.79 Å². The highest BCUT2D eigenvalue weighted by Gasteiger charge is 2.26. The number of thiazole rings is 1. The van der Waals surface area contributed by atoms with Gasteiger partial charge in [-0.1, -0.05) is 29.8 Å². The van der Waals surface area contributed by atoms with Crippen LogP contribution in [0.1, 0.15) is 24.0 Å². The molecule has 2 aromatic heterocycles. The van der Waals surface area contributed by atoms with Gasteiger partial charge in [0.05, 0.1) is 11.3 Å². The third-order valence-corrected chi connectivity index (χ3v) is 5.91. The number of carbonyl (C=O) groups is 1. The van der Waals surface area contributed by atoms with Crippen molar-refractivity contribution in [3.63, 3.8) is 0 Å². The van der Waals surface area contributed by atoms with Crippen molar-refractivity contribution in [2.75, 3.05) is 23.3 Å². The summed E-state index contributed by atoms with van der Waals surface area (Å²) in [6.07, 6.45) is 3.12. The topological polar surface area (TPSA) is 81.9 Å². The zero-order valence-electron chi connectivity index (χ0n) is 16.1. The number of piperidine rings is 1. The molecule has 0 radical (unpaired) electrons. The number of carbonyl (C=O) groups excluding carboxylic acids is 1. The average molecular weight is 404 g/mol. The SMILES string of the molecule is Cc1ccc(-c2csc(NC(=O)C3CCN(c4ccc(C#N)cn4)CC3)n2)cc1. The molecular weight excluding hydrogens is 382 g/mol. The molecule has 7 heteroatoms. The molecule has 3 heterocycles. The predicted octanol–water partition coefficient (Wildman–Crippen LogP) is 4.24. The number of pyridine rings is 1. The van der Waals surface area contributed by atoms with E-state index in [1.807, 2.05) is 23.6 Å². The highest BCUT2D eigenvalue weighted by Crippen LogP contribution is 2.27. The van der Waals surface area contributed by atoms with Crippen LogP contribution in [0.25, 0.3) is 11.3 Å². The van der Waals surface area contributed by atoms with Gasteiger partial charge in [0.1, 0.15) is 11.9 Å². The van der Waals surface area contributed by atoms with Crippen LogP contribution in [0, 0.1) is 24.2 Å². The summed E-state index contributed by atoms with van der Waals surface area (Å²) in [5, 5.41) is 14.5. The molecule has 1 N–H and O–H groups in total. The van der Waals surface area contributed by atoms with Gasteiger partial charge in [-0.3, -0.25) is 4.79 Å². The minimum Gasteiger partial charge on any atom is -0.357 e. The number of benzene rings is 1. The first kappa shape index (κ1) is 19.1. The van der Waals surface area contributed by atoms with Crippen LogP contribution in [0.3, 0.4) is 0 Å². The molecule has 1 amide bonds. The number of aromatic nitrogens is 2. The minimum absolute atomic E-state index is 0.0299. The number of rotatable bonds is 4. The fraction of sp³-hybridized carbons (Fsp3) is 0.273. The van der Waals surface area contributed by atoms with Gasteiger partial charge in [-0.15, -0.1) is 11.3 Å². The number of amides is 1. The maximum Gasteiger partial charge on any atom is 0.229 e. The Balaban J connectivity index is 1.33. The van der Waals surface area contributed by atoms with Crippen molar-refractivity contribution in [3.05, 3.63) is 59.1 Å². The van der Waals surface area contributed by atoms with E-state index in [1.165, 1.54) is 16.9 Å². The van der Waals surface area contributed by atoms with Crippen molar-refractivity contribution in [3.8, 4) is 17.3 Å². The maximum absolute atomic E-state index is 12.7. The molecule has 4 rings (SSSR count). The first-order chi connectivity index (χ1) is 14.1. The molecular formula is C22H21N5OS. The van der Waals surface area contributed by atoms with Gasteiger partial charge < -0.3 is 10.2 Å². The Morgan fingerprint density at radius 2 is 1.97 bits per heavy atom. The zero-order chi connectivity index (χ0) is 20.2. The average Bonchev–Trinajstić information content (AvgIpc) is 3.23. The summed E-state index contributed by atoms with van der Waals surface area (Å²) >= 11 is 1.45. The molecule has 0 unspecified atom stereocenters. The molecule has 1 fully saturated rings. The van der Waals surface area contributed by atoms with Crippen LogP contribution in [-0.4, -0.2) is 29.0 Å². The van der Waals surface area contributed by atoms with Crippen LogP contribution in [-0.2, 0) is 4.79 Å². The van der Waals surface area contributed by atoms with Gasteiger partial charge in [0.25, 0.3) is 0 Å². The Morgan fingerprint density at radius 3 is 2.62 bits per heavy atom. The molecule has 1 aromatic carbocycles. The molecule has 1 aliphatic heterocycles. The standard InChI is InChI=1S/C22H21N5OS/c1-15-2-5-17(6-3-15)19-14-29-22(25-19)26-21(28)18-8-10-27(11-9-18)20-7-4-16(12-23)13-24-20/h2-7,13-14,18H,8-11H2,1H3,(H,25,26,28). The van der Waals surface area contributed by atoms with Crippen LogP contribution in [0.4, 0.5) is 10.9 Å². The minimum atomic E-state index is -0.0312. The molecule has 3 aromatic rings. The number of anilines is 2. The van der Waals surface area contributed by atoms with E-state index >= 15 is 0 Å². The first-order valence-corrected chi connectivity index (χ1v) is 10.4. The fourth-order valence-corrected chi connectivity index (χ4v) is 4.13. The van der Waals surface area contributed by atoms with Gasteiger partial charge in [0.15, 0.2) is 5.13 Å². The van der Waals surface area contributed by atoms with Crippen molar-refractivity contribution in [2.24, 2.45) is 5.92 Å². The highest BCUT2D eigenvalue weighted by atomic mass is 32.1. The van der Waals surface area contributed by atoms with E-state index in [-0.39, 0.29) is 11.8 Å². The number of nitrogens with zero attached hydrogens (tertiary/aromatic N) is 4. The Labute approximate surface area is 173 Å². The highest BCUT2D eigenvalue weighted by molar-refractivity contribution is 7.14. The van der Waals surface area contributed by atoms with Gasteiger partial charge in [-0.25, -0.2) is 9.97 Å². The van der Waals surface area contributed by atoms with Crippen molar-refractivity contribution >= 4 is 28.2 Å². The van der Waals surface area contributed by atoms with Crippen LogP contribution in [0.2, 0.25) is 0 Å². The summed E-state index contributed by atoms with van der Waals surface area (Å²) in [5.41, 5.74) is 3.69. The number of nitriles is 1. The summed E-state index contributed by atoms with van der Waals surface area (Å²) in [5.74, 6) is 0.851. The van der Waals surface area contributed by atoms with E-state index in [2.05, 4.69) is 45.3 Å². The lowest BCUT2D eigenvalue weighted by Gasteiger charge is -2.31. The lowest BCUT2D eigenvalue weighted by molar-refractivity contribution is -0.120. The number of nitrogens with one attached hydrogen (secondary N) is 1. The van der Waals surface area contributed by atoms with E-state index in [0.29, 0.717) is 10.7 Å². The second-order valence-corrected chi connectivity index (χ2v) is 8.03. The van der Waals surface area contributed by atoms with E-state index in [4.69, 9.17) is 5.26 Å². The molecule has 0 saturated carbocycles. The zero-order valence-corrected chi connectivity index (χ0v) is 16.9. The van der Waals surface area contributed by atoms with E-state index < -0.39 is 0 Å². The monoisotopic (exact) mass is 403 g/mol. The van der Waals surface area contributed by atoms with Crippen LogP contribution >= 0.6 is 11.3 Å². The number of hydrogen-bond acceptors (Lipinski definition) is 6. The second kappa shape index (κ2) is 8.41. The summed E-state index contributed by atoms with van der Waals surface area (Å²) in [6.45, 7) is 3.59. The molecule has 6 nitrogen and oxygen atoms in total. The summed E-state index contributed by atoms with van der Waals surface area (Å²) in [6, 6.07) is 13.9. The van der Waals surface area contributed by atoms with Crippen LogP contribution in [0.5, 0.6) is 0 Å². The molecule has 0 atom stereocenters. The van der Waals surface area contributed by atoms with Crippen molar-refractivity contribution in [1.82, 2.24) is 9.97 Å². The lowest BCUT2D eigenvalue weighted by Crippen LogP contribution is -2.38. The van der Waals surface area contributed by atoms with Crippen molar-refractivity contribution in [2.45, 2.75) is 19.8 Å². The summed E-state index contributed by atoms with van der Waals surface area (Å²) in [7, 11) is 0. The summed E-state index contributed by atoms with van der Waals surface area (Å²) < 4.78 is 0. The molecule has 0 bridgehead atoms. The van der Waals surface area contributed by atoms with Crippen LogP contribution in [0.15, 0.2) is 48.0 Å². The van der Waals surface area contributed by atoms with Gasteiger partial charge in [0.2, 0.25) is 5.91 Å². The fourth-order valence-electron chi connectivity index (χ4n) is 3.41. The predicted molar refractivity (Wildman–Crippen MR) is 115 cm³/mol. The van der Waals surface area contributed by atoms with Crippen molar-refractivity contribution in [1.29, 1.82) is 5.26 Å². The molecule has 1 aliphatic rings. The Hall–Kier alpha value is -3.24. The number of hydrogen-bond donors (Lipinski definition) is 1. The van der Waals surface area contributed by atoms with E-state index in [1.54, 1.807) is 12.3 Å². The molecule has 29 heavy (non-hydrogen) atoms. The summed E-state index contributed by atoms with van der Waals surface area (Å²) in [4.78, 5) is 23.7. The van der Waals surface area contributed by atoms with E-state index in [0.717, 1.165) is 43.0 Å². The van der Waals surface area contributed by atoms with Crippen LogP contribution < -0.4 is 10.2 Å². The van der Waals surface area contributed by atoms with Gasteiger partial charge in [-0.05, 0) is 31.9 Å². The molecule has 146 valence electrons. The Bertz CT molecular complexity index is 1030. The molecule has 0 spiro atoms. The Morgan fingerprint density at radius 1 is 1.21 bits per heavy atom.